The zero-order valence-electron chi connectivity index (χ0n) is 13.8. The second kappa shape index (κ2) is 7.72. The normalized spacial score (nSPS) is 12.6. The number of benzene rings is 1. The topological polar surface area (TPSA) is 104 Å². The molecule has 7 nitrogen and oxygen atoms in total. The molecule has 0 saturated heterocycles. The summed E-state index contributed by atoms with van der Waals surface area (Å²) in [7, 11) is -4.02. The predicted octanol–water partition coefficient (Wildman–Crippen LogP) is 2.90. The first-order chi connectivity index (χ1) is 12.8. The van der Waals surface area contributed by atoms with Gasteiger partial charge in [0.05, 0.1) is 12.0 Å². The summed E-state index contributed by atoms with van der Waals surface area (Å²) in [6.07, 6.45) is 1.65. The summed E-state index contributed by atoms with van der Waals surface area (Å²) >= 11 is 0. The van der Waals surface area contributed by atoms with Crippen LogP contribution in [0.2, 0.25) is 0 Å². The first kappa shape index (κ1) is 18.8. The average molecular weight is 395 g/mol. The summed E-state index contributed by atoms with van der Waals surface area (Å²) in [4.78, 5) is 3.80. The molecule has 0 radical (unpaired) electrons. The van der Waals surface area contributed by atoms with Crippen LogP contribution in [0, 0.1) is 11.6 Å². The van der Waals surface area contributed by atoms with Gasteiger partial charge in [0.25, 0.3) is 10.0 Å². The Kier molecular flexibility index (Phi) is 5.38. The molecule has 3 rings (SSSR count). The number of furan rings is 1. The number of aliphatic hydroxyl groups is 1. The monoisotopic (exact) mass is 395 g/mol. The number of hydrogen-bond donors (Lipinski definition) is 3. The van der Waals surface area contributed by atoms with E-state index in [1.807, 2.05) is 0 Å². The zero-order valence-corrected chi connectivity index (χ0v) is 14.6. The van der Waals surface area contributed by atoms with E-state index in [2.05, 4.69) is 15.0 Å². The molecule has 0 spiro atoms. The van der Waals surface area contributed by atoms with Crippen molar-refractivity contribution in [2.45, 2.75) is 11.0 Å². The molecule has 0 amide bonds. The van der Waals surface area contributed by atoms with Gasteiger partial charge in [-0.1, -0.05) is 0 Å². The zero-order chi connectivity index (χ0) is 19.4. The molecule has 0 aliphatic heterocycles. The third kappa shape index (κ3) is 4.60. The van der Waals surface area contributed by atoms with Crippen LogP contribution in [0.25, 0.3) is 0 Å². The minimum atomic E-state index is -4.02. The van der Waals surface area contributed by atoms with Gasteiger partial charge in [0.15, 0.2) is 11.6 Å². The van der Waals surface area contributed by atoms with E-state index in [9.17, 15) is 22.3 Å². The van der Waals surface area contributed by atoms with Gasteiger partial charge in [-0.2, -0.15) is 0 Å². The molecule has 3 aromatic rings. The Balaban J connectivity index is 1.65. The lowest BCUT2D eigenvalue weighted by atomic mass is 10.3. The van der Waals surface area contributed by atoms with E-state index in [1.165, 1.54) is 18.4 Å². The van der Waals surface area contributed by atoms with E-state index < -0.39 is 27.8 Å². The number of nitrogens with zero attached hydrogens (tertiary/aromatic N) is 1. The summed E-state index contributed by atoms with van der Waals surface area (Å²) in [6.45, 7) is 0.111. The number of aromatic nitrogens is 1. The Bertz CT molecular complexity index is 1010. The molecule has 1 aromatic carbocycles. The van der Waals surface area contributed by atoms with E-state index in [0.717, 1.165) is 24.4 Å². The highest BCUT2D eigenvalue weighted by Gasteiger charge is 2.16. The molecule has 3 N–H and O–H groups in total. The Hall–Kier alpha value is -2.98. The fraction of sp³-hybridized carbons (Fsp3) is 0.118. The molecule has 0 bridgehead atoms. The number of nitrogens with one attached hydrogen (secondary N) is 2. The van der Waals surface area contributed by atoms with Crippen molar-refractivity contribution >= 4 is 21.5 Å². The first-order valence-corrected chi connectivity index (χ1v) is 9.23. The van der Waals surface area contributed by atoms with Crippen molar-refractivity contribution in [2.24, 2.45) is 0 Å². The molecule has 142 valence electrons. The van der Waals surface area contributed by atoms with Gasteiger partial charge >= 0.3 is 0 Å². The van der Waals surface area contributed by atoms with Crippen LogP contribution in [-0.2, 0) is 10.0 Å². The minimum Gasteiger partial charge on any atom is -0.467 e. The van der Waals surface area contributed by atoms with Gasteiger partial charge in [-0.15, -0.1) is 0 Å². The SMILES string of the molecule is O=S(=O)(Nc1ccc(F)c(F)c1)c1ccc(NCC(O)c2ccco2)nc1. The molecule has 2 aromatic heterocycles. The van der Waals surface area contributed by atoms with E-state index in [1.54, 1.807) is 12.1 Å². The summed E-state index contributed by atoms with van der Waals surface area (Å²) < 4.78 is 57.9. The highest BCUT2D eigenvalue weighted by atomic mass is 32.2. The largest absolute Gasteiger partial charge is 0.467 e. The first-order valence-electron chi connectivity index (χ1n) is 7.74. The van der Waals surface area contributed by atoms with Gasteiger partial charge in [-0.25, -0.2) is 22.2 Å². The number of rotatable bonds is 7. The second-order valence-electron chi connectivity index (χ2n) is 5.53. The fourth-order valence-corrected chi connectivity index (χ4v) is 3.19. The number of hydrogen-bond acceptors (Lipinski definition) is 6. The number of pyridine rings is 1. The Labute approximate surface area is 153 Å². The van der Waals surface area contributed by atoms with Crippen LogP contribution >= 0.6 is 0 Å². The number of anilines is 2. The van der Waals surface area contributed by atoms with Crippen LogP contribution in [0.3, 0.4) is 0 Å². The lowest BCUT2D eigenvalue weighted by Gasteiger charge is -2.11. The van der Waals surface area contributed by atoms with Crippen molar-refractivity contribution in [3.63, 3.8) is 0 Å². The van der Waals surface area contributed by atoms with E-state index >= 15 is 0 Å². The van der Waals surface area contributed by atoms with Crippen molar-refractivity contribution in [2.75, 3.05) is 16.6 Å². The van der Waals surface area contributed by atoms with Gasteiger partial charge in [0.2, 0.25) is 0 Å². The molecule has 0 aliphatic rings. The van der Waals surface area contributed by atoms with Crippen LogP contribution in [0.4, 0.5) is 20.3 Å². The maximum atomic E-state index is 13.2. The number of aliphatic hydroxyl groups excluding tert-OH is 1. The van der Waals surface area contributed by atoms with Crippen LogP contribution in [0.1, 0.15) is 11.9 Å². The van der Waals surface area contributed by atoms with Crippen LogP contribution in [0.15, 0.2) is 64.2 Å². The molecule has 0 saturated carbocycles. The Morgan fingerprint density at radius 1 is 1.15 bits per heavy atom. The van der Waals surface area contributed by atoms with Crippen molar-refractivity contribution in [3.8, 4) is 0 Å². The van der Waals surface area contributed by atoms with Gasteiger partial charge in [0, 0.05) is 18.8 Å². The maximum absolute atomic E-state index is 13.2. The van der Waals surface area contributed by atoms with Crippen LogP contribution < -0.4 is 10.0 Å². The molecule has 10 heteroatoms. The highest BCUT2D eigenvalue weighted by Crippen LogP contribution is 2.19. The van der Waals surface area contributed by atoms with Crippen molar-refractivity contribution in [1.82, 2.24) is 4.98 Å². The summed E-state index contributed by atoms with van der Waals surface area (Å²) in [5, 5.41) is 12.8. The molecule has 1 unspecified atom stereocenters. The third-order valence-electron chi connectivity index (χ3n) is 3.57. The molecule has 0 fully saturated rings. The third-order valence-corrected chi connectivity index (χ3v) is 4.93. The Morgan fingerprint density at radius 3 is 2.59 bits per heavy atom. The van der Waals surface area contributed by atoms with Gasteiger partial charge in [-0.05, 0) is 36.4 Å². The minimum absolute atomic E-state index is 0.111. The van der Waals surface area contributed by atoms with Crippen LogP contribution in [0.5, 0.6) is 0 Å². The van der Waals surface area contributed by atoms with E-state index in [-0.39, 0.29) is 17.1 Å². The summed E-state index contributed by atoms with van der Waals surface area (Å²) in [5.41, 5.74) is -0.113. The van der Waals surface area contributed by atoms with Crippen LogP contribution in [-0.4, -0.2) is 25.1 Å². The number of halogens is 2. The Morgan fingerprint density at radius 2 is 1.96 bits per heavy atom. The summed E-state index contributed by atoms with van der Waals surface area (Å²) in [6, 6.07) is 8.64. The standard InChI is InChI=1S/C17H15F2N3O4S/c18-13-5-3-11(8-14(13)19)22-27(24,25)12-4-6-17(20-9-12)21-10-15(23)16-2-1-7-26-16/h1-9,15,22-23H,10H2,(H,20,21). The quantitative estimate of drug-likeness (QED) is 0.568. The number of sulfonamides is 1. The maximum Gasteiger partial charge on any atom is 0.263 e. The average Bonchev–Trinajstić information content (AvgIpc) is 3.18. The van der Waals surface area contributed by atoms with Gasteiger partial charge in [-0.3, -0.25) is 4.72 Å². The predicted molar refractivity (Wildman–Crippen MR) is 93.6 cm³/mol. The molecular formula is C17H15F2N3O4S. The molecule has 27 heavy (non-hydrogen) atoms. The second-order valence-corrected chi connectivity index (χ2v) is 7.21. The lowest BCUT2D eigenvalue weighted by molar-refractivity contribution is 0.162. The van der Waals surface area contributed by atoms with Gasteiger partial charge in [0.1, 0.15) is 22.6 Å². The van der Waals surface area contributed by atoms with Gasteiger partial charge < -0.3 is 14.8 Å². The van der Waals surface area contributed by atoms with Crippen molar-refractivity contribution in [1.29, 1.82) is 0 Å². The van der Waals surface area contributed by atoms with E-state index in [0.29, 0.717) is 11.6 Å². The molecule has 2 heterocycles. The lowest BCUT2D eigenvalue weighted by Crippen LogP contribution is -2.15. The fourth-order valence-electron chi connectivity index (χ4n) is 2.20. The van der Waals surface area contributed by atoms with Crippen molar-refractivity contribution < 1.29 is 26.7 Å². The highest BCUT2D eigenvalue weighted by molar-refractivity contribution is 7.92. The van der Waals surface area contributed by atoms with Crippen molar-refractivity contribution in [3.05, 3.63) is 72.3 Å². The smallest absolute Gasteiger partial charge is 0.263 e. The summed E-state index contributed by atoms with van der Waals surface area (Å²) in [5.74, 6) is -1.51. The molecule has 0 aliphatic carbocycles. The molecule has 1 atom stereocenters. The van der Waals surface area contributed by atoms with E-state index in [4.69, 9.17) is 4.42 Å². The molecular weight excluding hydrogens is 380 g/mol.